The summed E-state index contributed by atoms with van der Waals surface area (Å²) in [6.07, 6.45) is 1.49. The summed E-state index contributed by atoms with van der Waals surface area (Å²) in [7, 11) is -3.96. The van der Waals surface area contributed by atoms with Crippen molar-refractivity contribution in [2.45, 2.75) is 23.9 Å². The zero-order valence-electron chi connectivity index (χ0n) is 13.2. The summed E-state index contributed by atoms with van der Waals surface area (Å²) < 4.78 is 26.7. The first-order chi connectivity index (χ1) is 11.4. The fourth-order valence-corrected chi connectivity index (χ4v) is 4.33. The summed E-state index contributed by atoms with van der Waals surface area (Å²) in [6, 6.07) is 13.9. The lowest BCUT2D eigenvalue weighted by Crippen LogP contribution is -2.38. The van der Waals surface area contributed by atoms with Crippen molar-refractivity contribution >= 4 is 16.1 Å². The molecule has 0 bridgehead atoms. The van der Waals surface area contributed by atoms with Gasteiger partial charge in [-0.1, -0.05) is 54.1 Å². The molecule has 124 valence electrons. The minimum absolute atomic E-state index is 0.0869. The fraction of sp³-hybridized carbons (Fsp3) is 0.167. The van der Waals surface area contributed by atoms with Gasteiger partial charge in [-0.05, 0) is 24.6 Å². The summed E-state index contributed by atoms with van der Waals surface area (Å²) in [6.45, 7) is 5.60. The number of nitrogens with one attached hydrogen (secondary N) is 1. The van der Waals surface area contributed by atoms with Gasteiger partial charge in [0.05, 0.1) is 17.0 Å². The largest absolute Gasteiger partial charge is 0.332 e. The Morgan fingerprint density at radius 1 is 1.08 bits per heavy atom. The van der Waals surface area contributed by atoms with Gasteiger partial charge in [-0.3, -0.25) is 0 Å². The van der Waals surface area contributed by atoms with E-state index in [9.17, 15) is 13.2 Å². The molecule has 2 atom stereocenters. The maximum atomic E-state index is 12.9. The van der Waals surface area contributed by atoms with Crippen molar-refractivity contribution in [1.29, 1.82) is 0 Å². The highest BCUT2D eigenvalue weighted by atomic mass is 32.2. The molecule has 0 spiro atoms. The van der Waals surface area contributed by atoms with Crippen LogP contribution in [0.1, 0.15) is 17.2 Å². The number of sulfonamides is 1. The van der Waals surface area contributed by atoms with Gasteiger partial charge in [0, 0.05) is 0 Å². The summed E-state index contributed by atoms with van der Waals surface area (Å²) in [4.78, 5) is 12.5. The molecule has 5 nitrogen and oxygen atoms in total. The second kappa shape index (κ2) is 6.13. The van der Waals surface area contributed by atoms with E-state index < -0.39 is 28.1 Å². The molecule has 0 aliphatic carbocycles. The second-order valence-electron chi connectivity index (χ2n) is 5.68. The molecule has 1 aliphatic heterocycles. The predicted molar refractivity (Wildman–Crippen MR) is 91.9 cm³/mol. The fourth-order valence-electron chi connectivity index (χ4n) is 2.82. The first-order valence-corrected chi connectivity index (χ1v) is 8.98. The molecular weight excluding hydrogens is 324 g/mol. The van der Waals surface area contributed by atoms with E-state index in [1.54, 1.807) is 12.1 Å². The first-order valence-electron chi connectivity index (χ1n) is 7.54. The van der Waals surface area contributed by atoms with Crippen LogP contribution in [0.4, 0.5) is 4.79 Å². The third kappa shape index (κ3) is 2.69. The number of rotatable bonds is 4. The van der Waals surface area contributed by atoms with Crippen molar-refractivity contribution < 1.29 is 13.2 Å². The monoisotopic (exact) mass is 342 g/mol. The molecule has 1 heterocycles. The van der Waals surface area contributed by atoms with E-state index in [-0.39, 0.29) is 4.90 Å². The molecule has 1 fully saturated rings. The van der Waals surface area contributed by atoms with Crippen LogP contribution in [0.25, 0.3) is 0 Å². The highest BCUT2D eigenvalue weighted by Gasteiger charge is 2.45. The Labute approximate surface area is 141 Å². The molecule has 1 saturated heterocycles. The van der Waals surface area contributed by atoms with Gasteiger partial charge in [-0.25, -0.2) is 17.5 Å². The van der Waals surface area contributed by atoms with E-state index in [0.717, 1.165) is 15.4 Å². The number of urea groups is 1. The Hall–Kier alpha value is -2.60. The number of carbonyl (C=O) groups is 1. The Kier molecular flexibility index (Phi) is 4.15. The molecule has 0 unspecified atom stereocenters. The lowest BCUT2D eigenvalue weighted by Gasteiger charge is -2.23. The average Bonchev–Trinajstić information content (AvgIpc) is 2.93. The van der Waals surface area contributed by atoms with Crippen LogP contribution in [0.3, 0.4) is 0 Å². The number of hydrogen-bond acceptors (Lipinski definition) is 3. The summed E-state index contributed by atoms with van der Waals surface area (Å²) in [5.41, 5.74) is 1.78. The Morgan fingerprint density at radius 3 is 2.29 bits per heavy atom. The molecule has 2 aromatic rings. The standard InChI is InChI=1S/C18H18N2O3S/c1-3-16-17(14-7-5-4-6-8-14)19-18(21)20(16)24(22,23)15-11-9-13(2)10-12-15/h3-12,16-17H,1H2,2H3,(H,19,21)/t16-,17-/m0/s1. The molecule has 0 radical (unpaired) electrons. The second-order valence-corrected chi connectivity index (χ2v) is 7.49. The van der Waals surface area contributed by atoms with Crippen molar-refractivity contribution in [3.8, 4) is 0 Å². The van der Waals surface area contributed by atoms with Gasteiger partial charge in [-0.2, -0.15) is 0 Å². The van der Waals surface area contributed by atoms with E-state index in [1.165, 1.54) is 18.2 Å². The summed E-state index contributed by atoms with van der Waals surface area (Å²) >= 11 is 0. The van der Waals surface area contributed by atoms with E-state index in [4.69, 9.17) is 0 Å². The first kappa shape index (κ1) is 16.3. The Bertz CT molecular complexity index is 861. The predicted octanol–water partition coefficient (Wildman–Crippen LogP) is 3.00. The molecule has 1 N–H and O–H groups in total. The third-order valence-corrected chi connectivity index (χ3v) is 5.86. The van der Waals surface area contributed by atoms with E-state index in [0.29, 0.717) is 0 Å². The maximum Gasteiger partial charge on any atom is 0.332 e. The van der Waals surface area contributed by atoms with Crippen molar-refractivity contribution in [2.75, 3.05) is 0 Å². The lowest BCUT2D eigenvalue weighted by molar-refractivity contribution is 0.233. The molecule has 2 amide bonds. The van der Waals surface area contributed by atoms with Gasteiger partial charge in [0.1, 0.15) is 0 Å². The van der Waals surface area contributed by atoms with Gasteiger partial charge in [0.2, 0.25) is 0 Å². The van der Waals surface area contributed by atoms with Gasteiger partial charge in [-0.15, -0.1) is 6.58 Å². The van der Waals surface area contributed by atoms with E-state index in [1.807, 2.05) is 37.3 Å². The van der Waals surface area contributed by atoms with Crippen LogP contribution in [0.2, 0.25) is 0 Å². The molecule has 24 heavy (non-hydrogen) atoms. The normalized spacial score (nSPS) is 20.7. The quantitative estimate of drug-likeness (QED) is 0.869. The zero-order chi connectivity index (χ0) is 17.3. The van der Waals surface area contributed by atoms with Gasteiger partial charge in [0.25, 0.3) is 10.0 Å². The highest BCUT2D eigenvalue weighted by Crippen LogP contribution is 2.32. The molecule has 0 saturated carbocycles. The number of aryl methyl sites for hydroxylation is 1. The third-order valence-electron chi connectivity index (χ3n) is 4.07. The van der Waals surface area contributed by atoms with Crippen LogP contribution in [-0.2, 0) is 10.0 Å². The smallest absolute Gasteiger partial charge is 0.328 e. The van der Waals surface area contributed by atoms with Gasteiger partial charge < -0.3 is 5.32 Å². The number of hydrogen-bond donors (Lipinski definition) is 1. The zero-order valence-corrected chi connectivity index (χ0v) is 14.0. The van der Waals surface area contributed by atoms with Crippen molar-refractivity contribution in [2.24, 2.45) is 0 Å². The maximum absolute atomic E-state index is 12.9. The SMILES string of the molecule is C=C[C@H]1[C@H](c2ccccc2)NC(=O)N1S(=O)(=O)c1ccc(C)cc1. The lowest BCUT2D eigenvalue weighted by atomic mass is 10.0. The van der Waals surface area contributed by atoms with Crippen LogP contribution in [-0.4, -0.2) is 24.8 Å². The minimum Gasteiger partial charge on any atom is -0.328 e. The molecular formula is C18H18N2O3S. The number of nitrogens with zero attached hydrogens (tertiary/aromatic N) is 1. The van der Waals surface area contributed by atoms with Crippen LogP contribution in [0, 0.1) is 6.92 Å². The van der Waals surface area contributed by atoms with E-state index in [2.05, 4.69) is 11.9 Å². The topological polar surface area (TPSA) is 66.5 Å². The molecule has 0 aromatic heterocycles. The van der Waals surface area contributed by atoms with Crippen molar-refractivity contribution in [1.82, 2.24) is 9.62 Å². The summed E-state index contributed by atoms with van der Waals surface area (Å²) in [5, 5.41) is 2.75. The Morgan fingerprint density at radius 2 is 1.71 bits per heavy atom. The molecule has 6 heteroatoms. The van der Waals surface area contributed by atoms with Crippen molar-refractivity contribution in [3.05, 3.63) is 78.4 Å². The minimum atomic E-state index is -3.96. The van der Waals surface area contributed by atoms with Crippen LogP contribution in [0.5, 0.6) is 0 Å². The summed E-state index contributed by atoms with van der Waals surface area (Å²) in [5.74, 6) is 0. The molecule has 1 aliphatic rings. The van der Waals surface area contributed by atoms with Gasteiger partial charge >= 0.3 is 6.03 Å². The molecule has 2 aromatic carbocycles. The van der Waals surface area contributed by atoms with Crippen LogP contribution >= 0.6 is 0 Å². The number of carbonyl (C=O) groups excluding carboxylic acids is 1. The average molecular weight is 342 g/mol. The highest BCUT2D eigenvalue weighted by molar-refractivity contribution is 7.89. The Balaban J connectivity index is 2.02. The van der Waals surface area contributed by atoms with Crippen LogP contribution in [0.15, 0.2) is 72.1 Å². The number of benzene rings is 2. The van der Waals surface area contributed by atoms with E-state index >= 15 is 0 Å². The number of amides is 2. The van der Waals surface area contributed by atoms with Crippen molar-refractivity contribution in [3.63, 3.8) is 0 Å². The van der Waals surface area contributed by atoms with Gasteiger partial charge in [0.15, 0.2) is 0 Å². The molecule has 3 rings (SSSR count). The van der Waals surface area contributed by atoms with Crippen LogP contribution < -0.4 is 5.32 Å².